The van der Waals surface area contributed by atoms with E-state index >= 15 is 0 Å². The Balaban J connectivity index is 1.53. The molecule has 2 aromatic rings. The Morgan fingerprint density at radius 1 is 1.07 bits per heavy atom. The van der Waals surface area contributed by atoms with Crippen LogP contribution in [0.2, 0.25) is 0 Å². The summed E-state index contributed by atoms with van der Waals surface area (Å²) in [4.78, 5) is 12.6. The lowest BCUT2D eigenvalue weighted by molar-refractivity contribution is -0.126. The minimum absolute atomic E-state index is 0.00758. The molecule has 1 fully saturated rings. The van der Waals surface area contributed by atoms with Crippen LogP contribution in [0.15, 0.2) is 54.6 Å². The lowest BCUT2D eigenvalue weighted by Gasteiger charge is -2.31. The van der Waals surface area contributed by atoms with E-state index in [0.29, 0.717) is 25.9 Å². The summed E-state index contributed by atoms with van der Waals surface area (Å²) in [6.07, 6.45) is 1.11. The Kier molecular flexibility index (Phi) is 6.52. The molecule has 1 saturated heterocycles. The van der Waals surface area contributed by atoms with Gasteiger partial charge in [-0.15, -0.1) is 0 Å². The van der Waals surface area contributed by atoms with Gasteiger partial charge in [0, 0.05) is 19.0 Å². The molecular weight excluding hydrogens is 372 g/mol. The van der Waals surface area contributed by atoms with Crippen molar-refractivity contribution in [3.8, 4) is 0 Å². The van der Waals surface area contributed by atoms with Gasteiger partial charge < -0.3 is 5.32 Å². The molecule has 5 nitrogen and oxygen atoms in total. The highest BCUT2D eigenvalue weighted by Crippen LogP contribution is 2.23. The molecule has 2 aromatic carbocycles. The van der Waals surface area contributed by atoms with Crippen molar-refractivity contribution in [3.63, 3.8) is 0 Å². The Morgan fingerprint density at radius 3 is 2.29 bits per heavy atom. The van der Waals surface area contributed by atoms with Crippen LogP contribution in [-0.2, 0) is 20.6 Å². The number of piperidine rings is 1. The third-order valence-corrected chi connectivity index (χ3v) is 7.20. The van der Waals surface area contributed by atoms with Gasteiger partial charge in [0.25, 0.3) is 0 Å². The molecule has 0 unspecified atom stereocenters. The molecule has 150 valence electrons. The fraction of sp³-hybridized carbons (Fsp3) is 0.409. The van der Waals surface area contributed by atoms with Crippen molar-refractivity contribution in [1.82, 2.24) is 9.62 Å². The average Bonchev–Trinajstić information content (AvgIpc) is 2.69. The number of hydrogen-bond donors (Lipinski definition) is 1. The topological polar surface area (TPSA) is 66.5 Å². The van der Waals surface area contributed by atoms with Crippen molar-refractivity contribution >= 4 is 15.9 Å². The van der Waals surface area contributed by atoms with Crippen molar-refractivity contribution in [2.75, 3.05) is 13.1 Å². The van der Waals surface area contributed by atoms with Gasteiger partial charge in [-0.1, -0.05) is 60.2 Å². The monoisotopic (exact) mass is 400 g/mol. The first-order valence-electron chi connectivity index (χ1n) is 9.74. The quantitative estimate of drug-likeness (QED) is 0.808. The van der Waals surface area contributed by atoms with E-state index in [1.54, 1.807) is 0 Å². The largest absolute Gasteiger partial charge is 0.349 e. The van der Waals surface area contributed by atoms with Gasteiger partial charge in [-0.3, -0.25) is 4.79 Å². The zero-order valence-electron chi connectivity index (χ0n) is 16.5. The summed E-state index contributed by atoms with van der Waals surface area (Å²) < 4.78 is 26.8. The minimum atomic E-state index is -3.35. The van der Waals surface area contributed by atoms with E-state index in [1.165, 1.54) is 9.87 Å². The number of carbonyl (C=O) groups excluding carboxylic acids is 1. The number of amides is 1. The Labute approximate surface area is 167 Å². The fourth-order valence-corrected chi connectivity index (χ4v) is 5.11. The molecule has 1 heterocycles. The maximum absolute atomic E-state index is 12.6. The van der Waals surface area contributed by atoms with E-state index in [1.807, 2.05) is 68.4 Å². The van der Waals surface area contributed by atoms with E-state index in [4.69, 9.17) is 0 Å². The highest BCUT2D eigenvalue weighted by atomic mass is 32.2. The highest BCUT2D eigenvalue weighted by molar-refractivity contribution is 7.88. The molecule has 6 heteroatoms. The smallest absolute Gasteiger partial charge is 0.223 e. The van der Waals surface area contributed by atoms with Crippen molar-refractivity contribution < 1.29 is 13.2 Å². The normalized spacial score (nSPS) is 17.2. The summed E-state index contributed by atoms with van der Waals surface area (Å²) in [7, 11) is -3.35. The molecule has 1 atom stereocenters. The molecule has 0 saturated carbocycles. The SMILES string of the molecule is Cc1ccc([C@@H](C)NC(=O)C2CCN(S(=O)(=O)Cc3ccccc3)CC2)cc1. The van der Waals surface area contributed by atoms with Crippen LogP contribution in [-0.4, -0.2) is 31.7 Å². The summed E-state index contributed by atoms with van der Waals surface area (Å²) in [5, 5.41) is 3.07. The van der Waals surface area contributed by atoms with Gasteiger partial charge in [0.15, 0.2) is 0 Å². The van der Waals surface area contributed by atoms with Gasteiger partial charge in [0.1, 0.15) is 0 Å². The minimum Gasteiger partial charge on any atom is -0.349 e. The van der Waals surface area contributed by atoms with Crippen molar-refractivity contribution in [3.05, 3.63) is 71.3 Å². The third-order valence-electron chi connectivity index (χ3n) is 5.35. The van der Waals surface area contributed by atoms with E-state index < -0.39 is 10.0 Å². The molecule has 3 rings (SSSR count). The summed E-state index contributed by atoms with van der Waals surface area (Å²) in [6.45, 7) is 4.80. The van der Waals surface area contributed by atoms with E-state index in [0.717, 1.165) is 11.1 Å². The van der Waals surface area contributed by atoms with E-state index in [-0.39, 0.29) is 23.6 Å². The fourth-order valence-electron chi connectivity index (χ4n) is 3.54. The van der Waals surface area contributed by atoms with Crippen LogP contribution in [0.3, 0.4) is 0 Å². The average molecular weight is 401 g/mol. The number of carbonyl (C=O) groups is 1. The highest BCUT2D eigenvalue weighted by Gasteiger charge is 2.31. The van der Waals surface area contributed by atoms with Crippen LogP contribution in [0.4, 0.5) is 0 Å². The van der Waals surface area contributed by atoms with E-state index in [2.05, 4.69) is 5.32 Å². The van der Waals surface area contributed by atoms with Crippen LogP contribution < -0.4 is 5.32 Å². The van der Waals surface area contributed by atoms with Crippen LogP contribution in [0.25, 0.3) is 0 Å². The van der Waals surface area contributed by atoms with Gasteiger partial charge in [-0.2, -0.15) is 0 Å². The van der Waals surface area contributed by atoms with Crippen molar-refractivity contribution in [2.24, 2.45) is 5.92 Å². The number of benzene rings is 2. The standard InChI is InChI=1S/C22H28N2O3S/c1-17-8-10-20(11-9-17)18(2)23-22(25)21-12-14-24(15-13-21)28(26,27)16-19-6-4-3-5-7-19/h3-11,18,21H,12-16H2,1-2H3,(H,23,25)/t18-/m1/s1. The second-order valence-corrected chi connectivity index (χ2v) is 9.53. The Morgan fingerprint density at radius 2 is 1.68 bits per heavy atom. The molecule has 1 aliphatic heterocycles. The predicted molar refractivity (Wildman–Crippen MR) is 111 cm³/mol. The summed E-state index contributed by atoms with van der Waals surface area (Å²) >= 11 is 0. The van der Waals surface area contributed by atoms with Gasteiger partial charge in [0.05, 0.1) is 11.8 Å². The zero-order chi connectivity index (χ0) is 20.1. The van der Waals surface area contributed by atoms with E-state index in [9.17, 15) is 13.2 Å². The molecule has 0 aliphatic carbocycles. The summed E-state index contributed by atoms with van der Waals surface area (Å²) in [6, 6.07) is 17.3. The molecular formula is C22H28N2O3S. The second-order valence-electron chi connectivity index (χ2n) is 7.56. The molecule has 0 radical (unpaired) electrons. The van der Waals surface area contributed by atoms with Gasteiger partial charge in [-0.05, 0) is 37.8 Å². The number of rotatable bonds is 6. The molecule has 1 amide bonds. The van der Waals surface area contributed by atoms with Crippen molar-refractivity contribution in [1.29, 1.82) is 0 Å². The third kappa shape index (κ3) is 5.20. The van der Waals surface area contributed by atoms with Crippen LogP contribution in [0, 0.1) is 12.8 Å². The maximum Gasteiger partial charge on any atom is 0.223 e. The molecule has 1 N–H and O–H groups in total. The lowest BCUT2D eigenvalue weighted by Crippen LogP contribution is -2.43. The van der Waals surface area contributed by atoms with Crippen LogP contribution in [0.5, 0.6) is 0 Å². The molecule has 0 bridgehead atoms. The number of nitrogens with one attached hydrogen (secondary N) is 1. The molecule has 1 aliphatic rings. The first-order chi connectivity index (χ1) is 13.3. The molecule has 28 heavy (non-hydrogen) atoms. The van der Waals surface area contributed by atoms with Crippen LogP contribution >= 0.6 is 0 Å². The second kappa shape index (κ2) is 8.88. The Bertz CT molecular complexity index is 887. The van der Waals surface area contributed by atoms with Gasteiger partial charge >= 0.3 is 0 Å². The number of nitrogens with zero attached hydrogens (tertiary/aromatic N) is 1. The lowest BCUT2D eigenvalue weighted by atomic mass is 9.96. The Hall–Kier alpha value is -2.18. The predicted octanol–water partition coefficient (Wildman–Crippen LogP) is 3.41. The first kappa shape index (κ1) is 20.6. The van der Waals surface area contributed by atoms with Gasteiger partial charge in [0.2, 0.25) is 15.9 Å². The first-order valence-corrected chi connectivity index (χ1v) is 11.3. The zero-order valence-corrected chi connectivity index (χ0v) is 17.3. The number of hydrogen-bond acceptors (Lipinski definition) is 3. The maximum atomic E-state index is 12.6. The number of aryl methyl sites for hydroxylation is 1. The summed E-state index contributed by atoms with van der Waals surface area (Å²) in [5.41, 5.74) is 3.04. The van der Waals surface area contributed by atoms with Crippen molar-refractivity contribution in [2.45, 2.75) is 38.5 Å². The molecule has 0 aromatic heterocycles. The molecule has 0 spiro atoms. The van der Waals surface area contributed by atoms with Gasteiger partial charge in [-0.25, -0.2) is 12.7 Å². The number of sulfonamides is 1. The summed E-state index contributed by atoms with van der Waals surface area (Å²) in [5.74, 6) is -0.126. The van der Waals surface area contributed by atoms with Crippen LogP contribution in [0.1, 0.15) is 42.5 Å².